The smallest absolute Gasteiger partial charge is 0.276 e. The van der Waals surface area contributed by atoms with Crippen molar-refractivity contribution in [2.24, 2.45) is 0 Å². The number of aromatic hydroxyl groups is 1. The van der Waals surface area contributed by atoms with Gasteiger partial charge in [0.1, 0.15) is 11.4 Å². The van der Waals surface area contributed by atoms with Gasteiger partial charge in [-0.15, -0.1) is 0 Å². The third kappa shape index (κ3) is 3.28. The number of amides is 2. The first-order chi connectivity index (χ1) is 14.8. The van der Waals surface area contributed by atoms with Crippen molar-refractivity contribution in [3.63, 3.8) is 0 Å². The number of pyridine rings is 1. The first-order valence-corrected chi connectivity index (χ1v) is 10.2. The molecule has 2 aromatic rings. The number of methoxy groups -OCH3 is 1. The van der Waals surface area contributed by atoms with Gasteiger partial charge in [0.05, 0.1) is 11.1 Å². The lowest BCUT2D eigenvalue weighted by Gasteiger charge is -2.40. The minimum absolute atomic E-state index is 0.00684. The van der Waals surface area contributed by atoms with Gasteiger partial charge in [-0.25, -0.2) is 4.39 Å². The second kappa shape index (κ2) is 7.97. The molecule has 2 unspecified atom stereocenters. The standard InChI is InChI=1S/C21H21ClFN3O5/c1-3-25-20(30)16-18(28)17(27)15(13-6-7-14(26(13)16)21(25)31-2)19(29)24-9-10-4-5-12(23)11(22)8-10/h4-5,8,14,21,28H,3,6-7,9H2,1-2H3,(H,24,29). The summed E-state index contributed by atoms with van der Waals surface area (Å²) in [5.41, 5.74) is -0.269. The monoisotopic (exact) mass is 449 g/mol. The normalized spacial score (nSPS) is 19.5. The molecule has 0 fully saturated rings. The predicted octanol–water partition coefficient (Wildman–Crippen LogP) is 2.21. The van der Waals surface area contributed by atoms with Crippen LogP contribution in [0.1, 0.15) is 51.5 Å². The van der Waals surface area contributed by atoms with Crippen LogP contribution >= 0.6 is 11.6 Å². The number of carbonyl (C=O) groups is 2. The molecule has 2 aliphatic rings. The lowest BCUT2D eigenvalue weighted by atomic mass is 10.1. The minimum Gasteiger partial charge on any atom is -0.503 e. The van der Waals surface area contributed by atoms with Crippen LogP contribution in [0.25, 0.3) is 0 Å². The number of ether oxygens (including phenoxy) is 1. The zero-order chi connectivity index (χ0) is 22.4. The molecule has 10 heteroatoms. The number of halogens is 2. The molecule has 0 aliphatic carbocycles. The highest BCUT2D eigenvalue weighted by Crippen LogP contribution is 2.40. The minimum atomic E-state index is -0.892. The Hall–Kier alpha value is -2.91. The van der Waals surface area contributed by atoms with Crippen molar-refractivity contribution < 1.29 is 23.8 Å². The molecule has 0 spiro atoms. The van der Waals surface area contributed by atoms with Gasteiger partial charge in [0.15, 0.2) is 17.7 Å². The summed E-state index contributed by atoms with van der Waals surface area (Å²) in [6, 6.07) is 3.71. The summed E-state index contributed by atoms with van der Waals surface area (Å²) < 4.78 is 20.4. The predicted molar refractivity (Wildman–Crippen MR) is 110 cm³/mol. The van der Waals surface area contributed by atoms with Gasteiger partial charge in [0.25, 0.3) is 11.8 Å². The third-order valence-electron chi connectivity index (χ3n) is 5.84. The number of hydrogen-bond donors (Lipinski definition) is 2. The zero-order valence-corrected chi connectivity index (χ0v) is 17.7. The average Bonchev–Trinajstić information content (AvgIpc) is 3.17. The van der Waals surface area contributed by atoms with Crippen molar-refractivity contribution in [2.75, 3.05) is 13.7 Å². The molecular formula is C21H21ClFN3O5. The molecule has 2 aliphatic heterocycles. The fourth-order valence-electron chi connectivity index (χ4n) is 4.45. The number of benzene rings is 1. The van der Waals surface area contributed by atoms with E-state index in [4.69, 9.17) is 16.3 Å². The number of likely N-dealkylation sites (N-methyl/N-ethyl adjacent to an activating group) is 1. The highest BCUT2D eigenvalue weighted by molar-refractivity contribution is 6.30. The molecule has 0 saturated carbocycles. The van der Waals surface area contributed by atoms with Gasteiger partial charge in [-0.2, -0.15) is 0 Å². The number of nitrogens with one attached hydrogen (secondary N) is 1. The second-order valence-electron chi connectivity index (χ2n) is 7.47. The topological polar surface area (TPSA) is 101 Å². The van der Waals surface area contributed by atoms with Gasteiger partial charge in [-0.3, -0.25) is 14.4 Å². The summed E-state index contributed by atoms with van der Waals surface area (Å²) in [6.45, 7) is 2.14. The number of rotatable bonds is 5. The van der Waals surface area contributed by atoms with Crippen LogP contribution in [0, 0.1) is 5.82 Å². The molecule has 0 bridgehead atoms. The summed E-state index contributed by atoms with van der Waals surface area (Å²) in [7, 11) is 1.49. The zero-order valence-electron chi connectivity index (χ0n) is 16.9. The number of carbonyl (C=O) groups excluding carboxylic acids is 2. The lowest BCUT2D eigenvalue weighted by Crippen LogP contribution is -2.52. The molecule has 2 N–H and O–H groups in total. The summed E-state index contributed by atoms with van der Waals surface area (Å²) in [5.74, 6) is -2.53. The van der Waals surface area contributed by atoms with E-state index in [0.717, 1.165) is 0 Å². The van der Waals surface area contributed by atoms with E-state index in [-0.39, 0.29) is 28.9 Å². The lowest BCUT2D eigenvalue weighted by molar-refractivity contribution is -0.0573. The van der Waals surface area contributed by atoms with E-state index >= 15 is 0 Å². The van der Waals surface area contributed by atoms with E-state index in [0.29, 0.717) is 30.6 Å². The molecule has 164 valence electrons. The van der Waals surface area contributed by atoms with E-state index in [1.54, 1.807) is 11.5 Å². The third-order valence-corrected chi connectivity index (χ3v) is 6.13. The Bertz CT molecular complexity index is 1150. The summed E-state index contributed by atoms with van der Waals surface area (Å²) in [5, 5.41) is 13.1. The fourth-order valence-corrected chi connectivity index (χ4v) is 4.65. The maximum atomic E-state index is 13.3. The van der Waals surface area contributed by atoms with Crippen LogP contribution < -0.4 is 10.7 Å². The van der Waals surface area contributed by atoms with Crippen LogP contribution in [-0.4, -0.2) is 46.3 Å². The Morgan fingerprint density at radius 2 is 2.13 bits per heavy atom. The average molecular weight is 450 g/mol. The largest absolute Gasteiger partial charge is 0.503 e. The van der Waals surface area contributed by atoms with Crippen LogP contribution in [0.4, 0.5) is 4.39 Å². The van der Waals surface area contributed by atoms with E-state index in [9.17, 15) is 23.9 Å². The molecule has 1 aromatic carbocycles. The molecule has 0 saturated heterocycles. The molecular weight excluding hydrogens is 429 g/mol. The van der Waals surface area contributed by atoms with Crippen molar-refractivity contribution >= 4 is 23.4 Å². The van der Waals surface area contributed by atoms with Gasteiger partial charge in [-0.1, -0.05) is 17.7 Å². The number of hydrogen-bond acceptors (Lipinski definition) is 5. The molecule has 0 radical (unpaired) electrons. The van der Waals surface area contributed by atoms with Gasteiger partial charge in [0, 0.05) is 25.9 Å². The molecule has 1 aromatic heterocycles. The van der Waals surface area contributed by atoms with Crippen molar-refractivity contribution in [1.82, 2.24) is 14.8 Å². The Morgan fingerprint density at radius 3 is 2.77 bits per heavy atom. The Kier molecular flexibility index (Phi) is 5.49. The van der Waals surface area contributed by atoms with E-state index in [2.05, 4.69) is 5.32 Å². The first kappa shape index (κ1) is 21.3. The summed E-state index contributed by atoms with van der Waals surface area (Å²) in [4.78, 5) is 40.2. The number of aromatic nitrogens is 1. The quantitative estimate of drug-likeness (QED) is 0.729. The molecule has 2 amide bonds. The van der Waals surface area contributed by atoms with Gasteiger partial charge >= 0.3 is 0 Å². The van der Waals surface area contributed by atoms with Crippen LogP contribution in [0.3, 0.4) is 0 Å². The highest BCUT2D eigenvalue weighted by Gasteiger charge is 2.46. The van der Waals surface area contributed by atoms with E-state index in [1.807, 2.05) is 0 Å². The Balaban J connectivity index is 1.73. The summed E-state index contributed by atoms with van der Waals surface area (Å²) in [6.07, 6.45) is 0.361. The van der Waals surface area contributed by atoms with Crippen LogP contribution in [0.5, 0.6) is 5.75 Å². The number of nitrogens with zero attached hydrogens (tertiary/aromatic N) is 2. The SMILES string of the molecule is CCN1C(=O)c2c(O)c(=O)c(C(=O)NCc3ccc(F)c(Cl)c3)c3n2C(CC3)C1OC. The van der Waals surface area contributed by atoms with Crippen LogP contribution in [0.15, 0.2) is 23.0 Å². The maximum Gasteiger partial charge on any atom is 0.276 e. The molecule has 31 heavy (non-hydrogen) atoms. The second-order valence-corrected chi connectivity index (χ2v) is 7.88. The highest BCUT2D eigenvalue weighted by atomic mass is 35.5. The van der Waals surface area contributed by atoms with E-state index in [1.165, 1.54) is 30.2 Å². The molecule has 2 atom stereocenters. The van der Waals surface area contributed by atoms with Crippen molar-refractivity contribution in [3.05, 3.63) is 61.8 Å². The van der Waals surface area contributed by atoms with Gasteiger partial charge in [0.2, 0.25) is 5.43 Å². The summed E-state index contributed by atoms with van der Waals surface area (Å²) >= 11 is 5.77. The maximum absolute atomic E-state index is 13.3. The Morgan fingerprint density at radius 1 is 1.39 bits per heavy atom. The van der Waals surface area contributed by atoms with Crippen LogP contribution in [0.2, 0.25) is 5.02 Å². The first-order valence-electron chi connectivity index (χ1n) is 9.86. The van der Waals surface area contributed by atoms with E-state index < -0.39 is 35.0 Å². The van der Waals surface area contributed by atoms with Gasteiger partial charge in [-0.05, 0) is 37.5 Å². The van der Waals surface area contributed by atoms with Gasteiger partial charge < -0.3 is 24.6 Å². The van der Waals surface area contributed by atoms with Crippen molar-refractivity contribution in [3.8, 4) is 5.75 Å². The Labute approximate surface area is 182 Å². The molecule has 3 heterocycles. The van der Waals surface area contributed by atoms with Crippen molar-refractivity contribution in [2.45, 2.75) is 38.6 Å². The fraction of sp³-hybridized carbons (Fsp3) is 0.381. The molecule has 4 rings (SSSR count). The molecule has 8 nitrogen and oxygen atoms in total. The van der Waals surface area contributed by atoms with Crippen molar-refractivity contribution in [1.29, 1.82) is 0 Å². The van der Waals surface area contributed by atoms with Crippen LogP contribution in [-0.2, 0) is 17.7 Å².